The number of hydrogen-bond acceptors (Lipinski definition) is 7. The van der Waals surface area contributed by atoms with E-state index in [1.165, 1.54) is 23.3 Å². The molecule has 0 atom stereocenters. The number of ether oxygens (including phenoxy) is 1. The first-order valence-corrected chi connectivity index (χ1v) is 13.3. The van der Waals surface area contributed by atoms with Crippen LogP contribution in [0.4, 0.5) is 5.13 Å². The minimum Gasteiger partial charge on any atom is -0.376 e. The topological polar surface area (TPSA) is 98.9 Å². The first-order chi connectivity index (χ1) is 18.0. The Bertz CT molecular complexity index is 1470. The third-order valence-electron chi connectivity index (χ3n) is 6.96. The third kappa shape index (κ3) is 4.82. The molecule has 0 unspecified atom stereocenters. The average Bonchev–Trinajstić information content (AvgIpc) is 3.61. The Labute approximate surface area is 219 Å². The predicted molar refractivity (Wildman–Crippen MR) is 143 cm³/mol. The third-order valence-corrected chi connectivity index (χ3v) is 7.72. The second kappa shape index (κ2) is 9.60. The molecule has 4 aromatic rings. The maximum Gasteiger partial charge on any atom is 0.253 e. The molecule has 2 N–H and O–H groups in total. The van der Waals surface area contributed by atoms with Crippen LogP contribution in [0.15, 0.2) is 65.6 Å². The number of carbonyl (C=O) groups excluding carboxylic acids is 1. The highest BCUT2D eigenvalue weighted by Gasteiger charge is 2.35. The van der Waals surface area contributed by atoms with Gasteiger partial charge in [-0.25, -0.2) is 9.97 Å². The van der Waals surface area contributed by atoms with E-state index in [9.17, 15) is 4.79 Å². The van der Waals surface area contributed by atoms with Gasteiger partial charge in [0.2, 0.25) is 0 Å². The van der Waals surface area contributed by atoms with Gasteiger partial charge in [-0.15, -0.1) is 11.3 Å². The molecule has 6 rings (SSSR count). The normalized spacial score (nSPS) is 16.1. The predicted octanol–water partition coefficient (Wildman–Crippen LogP) is 4.43. The lowest BCUT2D eigenvalue weighted by molar-refractivity contribution is -0.0895. The molecule has 0 bridgehead atoms. The summed E-state index contributed by atoms with van der Waals surface area (Å²) in [5, 5.41) is 13.8. The number of nitrogens with one attached hydrogen (secondary N) is 2. The van der Waals surface area contributed by atoms with Gasteiger partial charge in [-0.1, -0.05) is 6.07 Å². The molecule has 0 spiro atoms. The van der Waals surface area contributed by atoms with Crippen molar-refractivity contribution >= 4 is 22.4 Å². The number of aryl methyl sites for hydroxylation is 1. The molecular formula is C27H29N7O2S. The van der Waals surface area contributed by atoms with Gasteiger partial charge >= 0.3 is 0 Å². The highest BCUT2D eigenvalue weighted by Crippen LogP contribution is 2.31. The SMILES string of the molecule is Cn1ccc(-c2cccc(-c3csc(NC(CNC(=O)c4ccn(C5(C)COC5)c4)=C4CCC4)n3)n2)n1. The van der Waals surface area contributed by atoms with E-state index in [2.05, 4.69) is 27.2 Å². The van der Waals surface area contributed by atoms with Crippen molar-refractivity contribution in [2.24, 2.45) is 7.05 Å². The van der Waals surface area contributed by atoms with Crippen molar-refractivity contribution in [2.45, 2.75) is 31.7 Å². The Balaban J connectivity index is 1.13. The van der Waals surface area contributed by atoms with Gasteiger partial charge in [0.1, 0.15) is 11.4 Å². The summed E-state index contributed by atoms with van der Waals surface area (Å²) >= 11 is 1.53. The van der Waals surface area contributed by atoms with Gasteiger partial charge in [0, 0.05) is 36.7 Å². The number of aromatic nitrogens is 5. The Morgan fingerprint density at radius 3 is 2.57 bits per heavy atom. The molecule has 0 radical (unpaired) electrons. The summed E-state index contributed by atoms with van der Waals surface area (Å²) in [7, 11) is 1.89. The summed E-state index contributed by atoms with van der Waals surface area (Å²) in [5.74, 6) is -0.0859. The van der Waals surface area contributed by atoms with E-state index in [1.807, 2.05) is 61.4 Å². The highest BCUT2D eigenvalue weighted by molar-refractivity contribution is 7.14. The van der Waals surface area contributed by atoms with E-state index >= 15 is 0 Å². The lowest BCUT2D eigenvalue weighted by Gasteiger charge is -2.39. The standard InChI is InChI=1S/C27H29N7O2S/c1-27(16-36-17-27)34-12-9-19(14-34)25(35)28-13-23(18-5-3-6-18)30-26-31-24(15-37-26)21-8-4-7-20(29-21)22-10-11-33(2)32-22/h4,7-12,14-15H,3,5-6,13,16-17H2,1-2H3,(H,28,35)(H,30,31). The fourth-order valence-corrected chi connectivity index (χ4v) is 5.18. The fourth-order valence-electron chi connectivity index (χ4n) is 4.45. The Morgan fingerprint density at radius 1 is 1.08 bits per heavy atom. The number of carbonyl (C=O) groups is 1. The van der Waals surface area contributed by atoms with Crippen molar-refractivity contribution in [3.8, 4) is 22.8 Å². The summed E-state index contributed by atoms with van der Waals surface area (Å²) in [4.78, 5) is 22.4. The average molecular weight is 516 g/mol. The van der Waals surface area contributed by atoms with Crippen LogP contribution in [0, 0.1) is 0 Å². The molecule has 1 aliphatic carbocycles. The van der Waals surface area contributed by atoms with Crippen molar-refractivity contribution in [1.29, 1.82) is 0 Å². The summed E-state index contributed by atoms with van der Waals surface area (Å²) in [6, 6.07) is 9.69. The molecule has 1 aliphatic heterocycles. The number of thiazole rings is 1. The first-order valence-electron chi connectivity index (χ1n) is 12.4. The van der Waals surface area contributed by atoms with E-state index in [0.717, 1.165) is 46.4 Å². The Kier molecular flexibility index (Phi) is 6.13. The highest BCUT2D eigenvalue weighted by atomic mass is 32.1. The fraction of sp³-hybridized carbons (Fsp3) is 0.333. The zero-order valence-electron chi connectivity index (χ0n) is 20.9. The van der Waals surface area contributed by atoms with Crippen LogP contribution in [-0.2, 0) is 17.3 Å². The van der Waals surface area contributed by atoms with Crippen LogP contribution in [0.3, 0.4) is 0 Å². The molecule has 0 aromatic carbocycles. The van der Waals surface area contributed by atoms with Crippen molar-refractivity contribution in [1.82, 2.24) is 29.6 Å². The van der Waals surface area contributed by atoms with Gasteiger partial charge in [-0.2, -0.15) is 5.10 Å². The molecule has 1 saturated carbocycles. The molecule has 37 heavy (non-hydrogen) atoms. The van der Waals surface area contributed by atoms with Crippen molar-refractivity contribution in [3.05, 3.63) is 71.1 Å². The molecule has 190 valence electrons. The summed E-state index contributed by atoms with van der Waals surface area (Å²) in [6.45, 7) is 3.90. The minimum atomic E-state index is -0.0859. The van der Waals surface area contributed by atoms with Gasteiger partial charge in [0.15, 0.2) is 5.13 Å². The van der Waals surface area contributed by atoms with E-state index in [4.69, 9.17) is 14.7 Å². The van der Waals surface area contributed by atoms with E-state index in [-0.39, 0.29) is 11.4 Å². The van der Waals surface area contributed by atoms with Crippen LogP contribution in [0.5, 0.6) is 0 Å². The van der Waals surface area contributed by atoms with Gasteiger partial charge < -0.3 is 19.9 Å². The molecule has 2 aliphatic rings. The molecule has 9 nitrogen and oxygen atoms in total. The maximum atomic E-state index is 12.9. The molecule has 2 fully saturated rings. The first kappa shape index (κ1) is 23.6. The van der Waals surface area contributed by atoms with Crippen molar-refractivity contribution < 1.29 is 9.53 Å². The van der Waals surface area contributed by atoms with Crippen LogP contribution in [0.25, 0.3) is 22.8 Å². The zero-order valence-corrected chi connectivity index (χ0v) is 21.7. The van der Waals surface area contributed by atoms with Crippen LogP contribution < -0.4 is 10.6 Å². The number of rotatable bonds is 8. The van der Waals surface area contributed by atoms with Crippen molar-refractivity contribution in [3.63, 3.8) is 0 Å². The number of amides is 1. The molecule has 1 saturated heterocycles. The lowest BCUT2D eigenvalue weighted by atomic mass is 9.90. The lowest BCUT2D eigenvalue weighted by Crippen LogP contribution is -2.48. The molecule has 4 aromatic heterocycles. The zero-order chi connectivity index (χ0) is 25.4. The van der Waals surface area contributed by atoms with Crippen LogP contribution >= 0.6 is 11.3 Å². The Hall–Kier alpha value is -3.76. The largest absolute Gasteiger partial charge is 0.376 e. The van der Waals surface area contributed by atoms with E-state index < -0.39 is 0 Å². The second-order valence-electron chi connectivity index (χ2n) is 9.86. The molecular weight excluding hydrogens is 486 g/mol. The Morgan fingerprint density at radius 2 is 1.89 bits per heavy atom. The van der Waals surface area contributed by atoms with Crippen LogP contribution in [-0.4, -0.2) is 50.0 Å². The number of hydrogen-bond donors (Lipinski definition) is 2. The van der Waals surface area contributed by atoms with Crippen LogP contribution in [0.2, 0.25) is 0 Å². The molecule has 1 amide bonds. The summed E-state index contributed by atoms with van der Waals surface area (Å²) in [5.41, 5.74) is 6.20. The van der Waals surface area contributed by atoms with Gasteiger partial charge in [-0.05, 0) is 56.0 Å². The summed E-state index contributed by atoms with van der Waals surface area (Å²) < 4.78 is 9.19. The number of nitrogens with zero attached hydrogens (tertiary/aromatic N) is 5. The minimum absolute atomic E-state index is 0.0618. The van der Waals surface area contributed by atoms with Gasteiger partial charge in [0.25, 0.3) is 5.91 Å². The monoisotopic (exact) mass is 515 g/mol. The second-order valence-corrected chi connectivity index (χ2v) is 10.7. The van der Waals surface area contributed by atoms with Crippen LogP contribution in [0.1, 0.15) is 36.5 Å². The molecule has 10 heteroatoms. The quantitative estimate of drug-likeness (QED) is 0.360. The maximum absolute atomic E-state index is 12.9. The number of allylic oxidation sites excluding steroid dienone is 1. The molecule has 5 heterocycles. The van der Waals surface area contributed by atoms with Crippen molar-refractivity contribution in [2.75, 3.05) is 25.1 Å². The number of anilines is 1. The van der Waals surface area contributed by atoms with Gasteiger partial charge in [-0.3, -0.25) is 9.48 Å². The van der Waals surface area contributed by atoms with Gasteiger partial charge in [0.05, 0.1) is 42.2 Å². The number of pyridine rings is 1. The van der Waals surface area contributed by atoms with E-state index in [1.54, 1.807) is 4.68 Å². The smallest absolute Gasteiger partial charge is 0.253 e. The van der Waals surface area contributed by atoms with E-state index in [0.29, 0.717) is 25.3 Å². The summed E-state index contributed by atoms with van der Waals surface area (Å²) in [6.07, 6.45) is 9.01.